The summed E-state index contributed by atoms with van der Waals surface area (Å²) >= 11 is 0. The van der Waals surface area contributed by atoms with Crippen molar-refractivity contribution in [2.75, 3.05) is 0 Å². The third kappa shape index (κ3) is 3.48. The summed E-state index contributed by atoms with van der Waals surface area (Å²) in [6, 6.07) is 0. The molecule has 25 heavy (non-hydrogen) atoms. The van der Waals surface area contributed by atoms with Gasteiger partial charge in [0.05, 0.1) is 0 Å². The minimum Gasteiger partial charge on any atom is -0.300 e. The Hall–Kier alpha value is -1.37. The van der Waals surface area contributed by atoms with Crippen LogP contribution in [-0.2, 0) is 4.79 Å². The monoisotopic (exact) mass is 338 g/mol. The number of rotatable bonds is 2. The third-order valence-corrected chi connectivity index (χ3v) is 6.32. The van der Waals surface area contributed by atoms with Crippen LogP contribution in [0.4, 0.5) is 0 Å². The van der Waals surface area contributed by atoms with Gasteiger partial charge in [0, 0.05) is 6.42 Å². The molecule has 0 aromatic carbocycles. The fraction of sp³-hybridized carbons (Fsp3) is 0.625. The van der Waals surface area contributed by atoms with Gasteiger partial charge < -0.3 is 4.79 Å². The number of Topliss-reactive ketones (excluding diaryl/α,β-unsaturated/α-hetero) is 1. The van der Waals surface area contributed by atoms with Gasteiger partial charge in [-0.25, -0.2) is 0 Å². The molecule has 1 fully saturated rings. The van der Waals surface area contributed by atoms with Crippen LogP contribution >= 0.6 is 0 Å². The van der Waals surface area contributed by atoms with E-state index in [0.717, 1.165) is 0 Å². The Balaban J connectivity index is 2.01. The second-order valence-corrected chi connectivity index (χ2v) is 10.3. The highest BCUT2D eigenvalue weighted by Crippen LogP contribution is 2.55. The van der Waals surface area contributed by atoms with E-state index in [2.05, 4.69) is 78.0 Å². The molecule has 0 aliphatic heterocycles. The Kier molecular flexibility index (Phi) is 4.50. The van der Waals surface area contributed by atoms with E-state index in [-0.39, 0.29) is 10.8 Å². The lowest BCUT2D eigenvalue weighted by Gasteiger charge is -2.30. The van der Waals surface area contributed by atoms with Crippen molar-refractivity contribution in [2.24, 2.45) is 40.4 Å². The summed E-state index contributed by atoms with van der Waals surface area (Å²) in [5.41, 5.74) is 3.17. The van der Waals surface area contributed by atoms with Gasteiger partial charge >= 0.3 is 0 Å². The number of hydrogen-bond acceptors (Lipinski definition) is 1. The first-order chi connectivity index (χ1) is 11.5. The SMILES string of the molecule is CC(=O)CC1C2C=C(C(C)(C)C)C=CC2C2C=CC(C(C)(C)C)=CC21. The van der Waals surface area contributed by atoms with Crippen LogP contribution in [0.15, 0.2) is 47.6 Å². The van der Waals surface area contributed by atoms with Crippen molar-refractivity contribution in [3.8, 4) is 0 Å². The maximum atomic E-state index is 12.0. The molecule has 1 saturated carbocycles. The van der Waals surface area contributed by atoms with Gasteiger partial charge in [-0.05, 0) is 58.5 Å². The fourth-order valence-electron chi connectivity index (χ4n) is 4.88. The number of ketones is 1. The van der Waals surface area contributed by atoms with E-state index in [1.807, 2.05) is 0 Å². The minimum absolute atomic E-state index is 0.165. The lowest BCUT2D eigenvalue weighted by Crippen LogP contribution is -2.22. The van der Waals surface area contributed by atoms with E-state index < -0.39 is 0 Å². The van der Waals surface area contributed by atoms with Crippen molar-refractivity contribution in [3.05, 3.63) is 47.6 Å². The third-order valence-electron chi connectivity index (χ3n) is 6.32. The number of fused-ring (bicyclic) bond motifs is 3. The molecule has 0 radical (unpaired) electrons. The standard InChI is InChI=1S/C24H34O/c1-15(25)12-20-21-13-16(23(2,3)4)8-10-18(21)19-11-9-17(14-22(19)20)24(5,6)7/h8-11,13-14,18-22H,12H2,1-7H3. The molecule has 1 nitrogen and oxygen atoms in total. The molecule has 3 rings (SSSR count). The van der Waals surface area contributed by atoms with Crippen molar-refractivity contribution in [1.82, 2.24) is 0 Å². The molecule has 0 saturated heterocycles. The molecular formula is C24H34O. The van der Waals surface area contributed by atoms with Crippen LogP contribution in [0.25, 0.3) is 0 Å². The summed E-state index contributed by atoms with van der Waals surface area (Å²) in [7, 11) is 0. The van der Waals surface area contributed by atoms with Crippen LogP contribution in [0.5, 0.6) is 0 Å². The Morgan fingerprint density at radius 1 is 0.800 bits per heavy atom. The largest absolute Gasteiger partial charge is 0.300 e. The normalized spacial score (nSPS) is 34.3. The first kappa shape index (κ1) is 18.4. The summed E-state index contributed by atoms with van der Waals surface area (Å²) in [4.78, 5) is 12.0. The number of hydrogen-bond donors (Lipinski definition) is 0. The molecular weight excluding hydrogens is 304 g/mol. The molecule has 0 amide bonds. The zero-order valence-electron chi connectivity index (χ0n) is 17.0. The van der Waals surface area contributed by atoms with E-state index in [0.29, 0.717) is 41.8 Å². The molecule has 0 aromatic rings. The van der Waals surface area contributed by atoms with Gasteiger partial charge in [-0.15, -0.1) is 0 Å². The van der Waals surface area contributed by atoms with Crippen molar-refractivity contribution in [3.63, 3.8) is 0 Å². The van der Waals surface area contributed by atoms with Crippen LogP contribution in [0.1, 0.15) is 54.9 Å². The van der Waals surface area contributed by atoms with Gasteiger partial charge in [0.25, 0.3) is 0 Å². The smallest absolute Gasteiger partial charge is 0.130 e. The van der Waals surface area contributed by atoms with Crippen molar-refractivity contribution < 1.29 is 4.79 Å². The predicted molar refractivity (Wildman–Crippen MR) is 106 cm³/mol. The first-order valence-corrected chi connectivity index (χ1v) is 9.79. The minimum atomic E-state index is 0.165. The second kappa shape index (κ2) is 6.11. The highest BCUT2D eigenvalue weighted by molar-refractivity contribution is 5.76. The van der Waals surface area contributed by atoms with Crippen LogP contribution in [0.2, 0.25) is 0 Å². The molecule has 0 spiro atoms. The maximum Gasteiger partial charge on any atom is 0.130 e. The van der Waals surface area contributed by atoms with Gasteiger partial charge in [-0.3, -0.25) is 0 Å². The van der Waals surface area contributed by atoms with Gasteiger partial charge in [0.1, 0.15) is 5.78 Å². The lowest BCUT2D eigenvalue weighted by atomic mass is 9.74. The Morgan fingerprint density at radius 3 is 1.52 bits per heavy atom. The molecule has 0 bridgehead atoms. The highest BCUT2D eigenvalue weighted by atomic mass is 16.1. The number of carbonyl (C=O) groups is 1. The van der Waals surface area contributed by atoms with Crippen LogP contribution in [-0.4, -0.2) is 5.78 Å². The zero-order valence-corrected chi connectivity index (χ0v) is 17.0. The molecule has 3 aliphatic carbocycles. The van der Waals surface area contributed by atoms with Crippen LogP contribution < -0.4 is 0 Å². The number of allylic oxidation sites excluding steroid dienone is 8. The Morgan fingerprint density at radius 2 is 1.20 bits per heavy atom. The summed E-state index contributed by atoms with van der Waals surface area (Å²) in [5, 5.41) is 0. The number of carbonyl (C=O) groups excluding carboxylic acids is 1. The first-order valence-electron chi connectivity index (χ1n) is 9.79. The summed E-state index contributed by atoms with van der Waals surface area (Å²) < 4.78 is 0. The molecule has 0 heterocycles. The van der Waals surface area contributed by atoms with E-state index in [4.69, 9.17) is 0 Å². The van der Waals surface area contributed by atoms with E-state index in [9.17, 15) is 4.79 Å². The van der Waals surface area contributed by atoms with Gasteiger partial charge in [0.15, 0.2) is 0 Å². The molecule has 4 atom stereocenters. The van der Waals surface area contributed by atoms with Crippen molar-refractivity contribution in [1.29, 1.82) is 0 Å². The fourth-order valence-corrected chi connectivity index (χ4v) is 4.88. The summed E-state index contributed by atoms with van der Waals surface area (Å²) in [5.74, 6) is 2.79. The van der Waals surface area contributed by atoms with Crippen molar-refractivity contribution >= 4 is 5.78 Å². The van der Waals surface area contributed by atoms with Gasteiger partial charge in [-0.1, -0.05) is 78.0 Å². The van der Waals surface area contributed by atoms with Gasteiger partial charge in [-0.2, -0.15) is 0 Å². The topological polar surface area (TPSA) is 17.1 Å². The predicted octanol–water partition coefficient (Wildman–Crippen LogP) is 6.14. The quantitative estimate of drug-likeness (QED) is 0.590. The van der Waals surface area contributed by atoms with Gasteiger partial charge in [0.2, 0.25) is 0 Å². The average Bonchev–Trinajstić information content (AvgIpc) is 2.78. The maximum absolute atomic E-state index is 12.0. The molecule has 0 aromatic heterocycles. The second-order valence-electron chi connectivity index (χ2n) is 10.3. The molecule has 0 N–H and O–H groups in total. The summed E-state index contributed by atoms with van der Waals surface area (Å²) in [6.45, 7) is 15.4. The van der Waals surface area contributed by atoms with E-state index >= 15 is 0 Å². The molecule has 1 heteroatoms. The molecule has 4 unspecified atom stereocenters. The lowest BCUT2D eigenvalue weighted by molar-refractivity contribution is -0.118. The van der Waals surface area contributed by atoms with Crippen LogP contribution in [0.3, 0.4) is 0 Å². The summed E-state index contributed by atoms with van der Waals surface area (Å²) in [6.07, 6.45) is 15.2. The molecule has 3 aliphatic rings. The van der Waals surface area contributed by atoms with Crippen molar-refractivity contribution in [2.45, 2.75) is 54.9 Å². The zero-order chi connectivity index (χ0) is 18.6. The van der Waals surface area contributed by atoms with Crippen LogP contribution in [0, 0.1) is 40.4 Å². The Labute approximate surface area is 154 Å². The highest BCUT2D eigenvalue weighted by Gasteiger charge is 2.49. The van der Waals surface area contributed by atoms with E-state index in [1.165, 1.54) is 11.1 Å². The average molecular weight is 339 g/mol. The van der Waals surface area contributed by atoms with E-state index in [1.54, 1.807) is 6.92 Å². The Bertz CT molecular complexity index is 620. The molecule has 136 valence electrons.